The molecule has 1 heterocycles. The maximum Gasteiger partial charge on any atom is 0.359 e. The lowest BCUT2D eigenvalue weighted by Gasteiger charge is -2.34. The van der Waals surface area contributed by atoms with Crippen molar-refractivity contribution in [2.75, 3.05) is 5.32 Å². The Hall–Kier alpha value is -3.11. The van der Waals surface area contributed by atoms with Gasteiger partial charge in [-0.25, -0.2) is 4.79 Å². The predicted molar refractivity (Wildman–Crippen MR) is 102 cm³/mol. The molecule has 0 aliphatic carbocycles. The number of anilines is 1. The zero-order valence-electron chi connectivity index (χ0n) is 14.3. The first-order valence-electron chi connectivity index (χ1n) is 8.68. The minimum absolute atomic E-state index is 0.379. The molecule has 0 unspecified atom stereocenters. The fraction of sp³-hybridized carbons (Fsp3) is 0.136. The van der Waals surface area contributed by atoms with E-state index in [-0.39, 0.29) is 5.97 Å². The van der Waals surface area contributed by atoms with Crippen molar-refractivity contribution in [3.05, 3.63) is 102 Å². The van der Waals surface area contributed by atoms with Crippen LogP contribution in [0.3, 0.4) is 0 Å². The van der Waals surface area contributed by atoms with E-state index in [4.69, 9.17) is 4.84 Å². The van der Waals surface area contributed by atoms with Gasteiger partial charge in [0.15, 0.2) is 0 Å². The van der Waals surface area contributed by atoms with Crippen LogP contribution < -0.4 is 10.8 Å². The summed E-state index contributed by atoms with van der Waals surface area (Å²) in [6.45, 7) is 0. The summed E-state index contributed by atoms with van der Waals surface area (Å²) in [5.41, 5.74) is 5.99. The van der Waals surface area contributed by atoms with Crippen LogP contribution in [0.15, 0.2) is 84.9 Å². The Morgan fingerprint density at radius 2 is 1.27 bits per heavy atom. The Balaban J connectivity index is 1.74. The van der Waals surface area contributed by atoms with Gasteiger partial charge in [-0.3, -0.25) is 0 Å². The largest absolute Gasteiger partial charge is 0.364 e. The van der Waals surface area contributed by atoms with E-state index >= 15 is 0 Å². The molecule has 0 aromatic heterocycles. The molecule has 0 fully saturated rings. The van der Waals surface area contributed by atoms with Gasteiger partial charge in [0.25, 0.3) is 0 Å². The highest BCUT2D eigenvalue weighted by molar-refractivity contribution is 5.96. The number of hydrogen-bond donors (Lipinski definition) is 2. The van der Waals surface area contributed by atoms with Gasteiger partial charge in [0, 0.05) is 12.8 Å². The van der Waals surface area contributed by atoms with E-state index in [2.05, 4.69) is 35.1 Å². The number of carbonyl (C=O) groups is 1. The highest BCUT2D eigenvalue weighted by atomic mass is 16.7. The molecule has 0 atom stereocenters. The monoisotopic (exact) mass is 344 g/mol. The molecular formula is C22H20N2O2. The minimum Gasteiger partial charge on any atom is -0.364 e. The van der Waals surface area contributed by atoms with Gasteiger partial charge in [-0.1, -0.05) is 72.8 Å². The van der Waals surface area contributed by atoms with Crippen LogP contribution in [0.25, 0.3) is 0 Å². The van der Waals surface area contributed by atoms with Gasteiger partial charge in [0.2, 0.25) is 0 Å². The first-order chi connectivity index (χ1) is 12.7. The van der Waals surface area contributed by atoms with Gasteiger partial charge in [-0.05, 0) is 23.3 Å². The smallest absolute Gasteiger partial charge is 0.359 e. The van der Waals surface area contributed by atoms with Gasteiger partial charge in [0.1, 0.15) is 5.66 Å². The lowest BCUT2D eigenvalue weighted by atomic mass is 9.92. The molecule has 1 aliphatic heterocycles. The lowest BCUT2D eigenvalue weighted by molar-refractivity contribution is 0.00237. The van der Waals surface area contributed by atoms with E-state index in [0.29, 0.717) is 18.4 Å². The molecule has 0 saturated carbocycles. The van der Waals surface area contributed by atoms with E-state index in [1.165, 1.54) is 0 Å². The fourth-order valence-electron chi connectivity index (χ4n) is 3.36. The molecule has 3 aromatic rings. The first-order valence-corrected chi connectivity index (χ1v) is 8.68. The molecule has 130 valence electrons. The minimum atomic E-state index is -0.648. The Labute approximate surface area is 152 Å². The molecule has 4 heteroatoms. The summed E-state index contributed by atoms with van der Waals surface area (Å²) in [5.74, 6) is -0.379. The average molecular weight is 344 g/mol. The van der Waals surface area contributed by atoms with Crippen molar-refractivity contribution < 1.29 is 9.63 Å². The number of benzene rings is 3. The first kappa shape index (κ1) is 16.4. The van der Waals surface area contributed by atoms with Gasteiger partial charge < -0.3 is 10.2 Å². The summed E-state index contributed by atoms with van der Waals surface area (Å²) in [6.07, 6.45) is 1.31. The predicted octanol–water partition coefficient (Wildman–Crippen LogP) is 3.96. The number of rotatable bonds is 4. The molecular weight excluding hydrogens is 324 g/mol. The van der Waals surface area contributed by atoms with Gasteiger partial charge in [-0.2, -0.15) is 0 Å². The molecule has 0 spiro atoms. The molecule has 26 heavy (non-hydrogen) atoms. The maximum atomic E-state index is 12.4. The Morgan fingerprint density at radius 3 is 1.88 bits per heavy atom. The summed E-state index contributed by atoms with van der Waals surface area (Å²) in [6, 6.07) is 27.8. The zero-order valence-corrected chi connectivity index (χ0v) is 14.3. The third kappa shape index (κ3) is 3.46. The standard InChI is InChI=1S/C22H20N2O2/c25-21-19-13-7-8-14-20(19)23-22(24-26-21,15-17-9-3-1-4-10-17)16-18-11-5-2-6-12-18/h1-14,23-24H,15-16H2. The van der Waals surface area contributed by atoms with Gasteiger partial charge in [0.05, 0.1) is 11.3 Å². The molecule has 4 nitrogen and oxygen atoms in total. The van der Waals surface area contributed by atoms with Crippen LogP contribution in [0.5, 0.6) is 0 Å². The second-order valence-electron chi connectivity index (χ2n) is 6.57. The number of para-hydroxylation sites is 1. The van der Waals surface area contributed by atoms with E-state index < -0.39 is 5.66 Å². The molecule has 4 rings (SSSR count). The third-order valence-corrected chi connectivity index (χ3v) is 4.56. The van der Waals surface area contributed by atoms with Crippen molar-refractivity contribution in [2.45, 2.75) is 18.5 Å². The second kappa shape index (κ2) is 7.02. The summed E-state index contributed by atoms with van der Waals surface area (Å²) >= 11 is 0. The van der Waals surface area contributed by atoms with Crippen LogP contribution >= 0.6 is 0 Å². The van der Waals surface area contributed by atoms with Crippen molar-refractivity contribution in [2.24, 2.45) is 0 Å². The quantitative estimate of drug-likeness (QED) is 0.752. The summed E-state index contributed by atoms with van der Waals surface area (Å²) in [5, 5.41) is 3.54. The SMILES string of the molecule is O=C1ONC(Cc2ccccc2)(Cc2ccccc2)Nc2ccccc21. The second-order valence-corrected chi connectivity index (χ2v) is 6.57. The average Bonchev–Trinajstić information content (AvgIpc) is 2.81. The number of nitrogens with one attached hydrogen (secondary N) is 2. The van der Waals surface area contributed by atoms with Crippen molar-refractivity contribution >= 4 is 11.7 Å². The van der Waals surface area contributed by atoms with Crippen LogP contribution in [0, 0.1) is 0 Å². The van der Waals surface area contributed by atoms with E-state index in [9.17, 15) is 4.79 Å². The van der Waals surface area contributed by atoms with Crippen molar-refractivity contribution in [3.63, 3.8) is 0 Å². The third-order valence-electron chi connectivity index (χ3n) is 4.56. The molecule has 0 bridgehead atoms. The van der Waals surface area contributed by atoms with Crippen molar-refractivity contribution in [3.8, 4) is 0 Å². The summed E-state index contributed by atoms with van der Waals surface area (Å²) in [4.78, 5) is 17.8. The highest BCUT2D eigenvalue weighted by Gasteiger charge is 2.36. The van der Waals surface area contributed by atoms with E-state index in [1.807, 2.05) is 54.6 Å². The highest BCUT2D eigenvalue weighted by Crippen LogP contribution is 2.28. The molecule has 0 amide bonds. The number of carbonyl (C=O) groups excluding carboxylic acids is 1. The van der Waals surface area contributed by atoms with Crippen LogP contribution in [0.4, 0.5) is 5.69 Å². The van der Waals surface area contributed by atoms with Crippen LogP contribution in [-0.2, 0) is 17.7 Å². The van der Waals surface area contributed by atoms with Crippen LogP contribution in [0.1, 0.15) is 21.5 Å². The zero-order chi connectivity index (χ0) is 17.8. The number of hydrogen-bond acceptors (Lipinski definition) is 4. The van der Waals surface area contributed by atoms with Crippen LogP contribution in [0.2, 0.25) is 0 Å². The summed E-state index contributed by atoms with van der Waals surface area (Å²) in [7, 11) is 0. The topological polar surface area (TPSA) is 50.4 Å². The molecule has 1 aliphatic rings. The molecule has 0 saturated heterocycles. The van der Waals surface area contributed by atoms with Crippen LogP contribution in [-0.4, -0.2) is 11.6 Å². The fourth-order valence-corrected chi connectivity index (χ4v) is 3.36. The molecule has 2 N–H and O–H groups in total. The van der Waals surface area contributed by atoms with Gasteiger partial charge >= 0.3 is 5.97 Å². The van der Waals surface area contributed by atoms with Gasteiger partial charge in [-0.15, -0.1) is 5.48 Å². The van der Waals surface area contributed by atoms with Crippen molar-refractivity contribution in [1.29, 1.82) is 0 Å². The Kier molecular flexibility index (Phi) is 4.42. The normalized spacial score (nSPS) is 15.3. The number of hydroxylamine groups is 1. The Morgan fingerprint density at radius 1 is 0.731 bits per heavy atom. The maximum absolute atomic E-state index is 12.4. The van der Waals surface area contributed by atoms with E-state index in [0.717, 1.165) is 16.8 Å². The lowest BCUT2D eigenvalue weighted by Crippen LogP contribution is -2.54. The number of fused-ring (bicyclic) bond motifs is 1. The Bertz CT molecular complexity index is 853. The molecule has 3 aromatic carbocycles. The van der Waals surface area contributed by atoms with E-state index in [1.54, 1.807) is 6.07 Å². The molecule has 0 radical (unpaired) electrons. The van der Waals surface area contributed by atoms with Crippen molar-refractivity contribution in [1.82, 2.24) is 5.48 Å². The summed E-state index contributed by atoms with van der Waals surface area (Å²) < 4.78 is 0.